The Balaban J connectivity index is 2.37. The highest BCUT2D eigenvalue weighted by Gasteiger charge is 2.33. The van der Waals surface area contributed by atoms with Gasteiger partial charge in [-0.2, -0.15) is 0 Å². The minimum absolute atomic E-state index is 0.126. The van der Waals surface area contributed by atoms with Crippen LogP contribution in [0.4, 0.5) is 11.4 Å². The number of piperazine rings is 1. The van der Waals surface area contributed by atoms with Crippen LogP contribution >= 0.6 is 0 Å². The molecule has 0 radical (unpaired) electrons. The van der Waals surface area contributed by atoms with Crippen LogP contribution in [-0.2, 0) is 9.59 Å². The molecule has 1 aromatic rings. The Morgan fingerprint density at radius 2 is 2.21 bits per heavy atom. The van der Waals surface area contributed by atoms with E-state index in [-0.39, 0.29) is 24.4 Å². The van der Waals surface area contributed by atoms with Crippen LogP contribution in [0.1, 0.15) is 13.3 Å². The molecular weight excluding hydrogens is 246 g/mol. The molecule has 6 nitrogen and oxygen atoms in total. The lowest BCUT2D eigenvalue weighted by molar-refractivity contribution is -0.132. The first kappa shape index (κ1) is 13.2. The zero-order chi connectivity index (χ0) is 14.0. The molecule has 1 atom stereocenters. The van der Waals surface area contributed by atoms with Gasteiger partial charge in [-0.1, -0.05) is 6.92 Å². The Morgan fingerprint density at radius 1 is 1.47 bits per heavy atom. The van der Waals surface area contributed by atoms with Crippen molar-refractivity contribution in [3.63, 3.8) is 0 Å². The quantitative estimate of drug-likeness (QED) is 0.613. The van der Waals surface area contributed by atoms with Crippen LogP contribution in [0.3, 0.4) is 0 Å². The molecular formula is C13H17N3O3. The molecule has 1 saturated heterocycles. The van der Waals surface area contributed by atoms with Crippen molar-refractivity contribution in [1.29, 1.82) is 0 Å². The summed E-state index contributed by atoms with van der Waals surface area (Å²) in [4.78, 5) is 25.1. The predicted molar refractivity (Wildman–Crippen MR) is 72.0 cm³/mol. The first-order valence-corrected chi connectivity index (χ1v) is 6.10. The zero-order valence-electron chi connectivity index (χ0n) is 11.0. The number of anilines is 2. The average molecular weight is 263 g/mol. The molecule has 2 amide bonds. The third-order valence-electron chi connectivity index (χ3n) is 3.19. The van der Waals surface area contributed by atoms with Crippen LogP contribution in [0, 0.1) is 0 Å². The highest BCUT2D eigenvalue weighted by Crippen LogP contribution is 2.30. The minimum Gasteiger partial charge on any atom is -0.497 e. The maximum Gasteiger partial charge on any atom is 0.249 e. The SMILES string of the molecule is CCC1C(=O)NC(=O)CN1c1ccc(OC)cc1N. The number of nitrogens with zero attached hydrogens (tertiary/aromatic N) is 1. The number of nitrogen functional groups attached to an aromatic ring is 1. The number of hydrogen-bond acceptors (Lipinski definition) is 5. The monoisotopic (exact) mass is 263 g/mol. The number of nitrogens with two attached hydrogens (primary N) is 1. The molecule has 0 aromatic heterocycles. The van der Waals surface area contributed by atoms with Gasteiger partial charge >= 0.3 is 0 Å². The summed E-state index contributed by atoms with van der Waals surface area (Å²) in [6.45, 7) is 2.02. The van der Waals surface area contributed by atoms with E-state index in [9.17, 15) is 9.59 Å². The van der Waals surface area contributed by atoms with Gasteiger partial charge in [0.1, 0.15) is 11.8 Å². The summed E-state index contributed by atoms with van der Waals surface area (Å²) >= 11 is 0. The molecule has 6 heteroatoms. The van der Waals surface area contributed by atoms with E-state index in [0.29, 0.717) is 23.5 Å². The molecule has 1 unspecified atom stereocenters. The summed E-state index contributed by atoms with van der Waals surface area (Å²) in [7, 11) is 1.56. The molecule has 0 aliphatic carbocycles. The summed E-state index contributed by atoms with van der Waals surface area (Å²) < 4.78 is 5.09. The van der Waals surface area contributed by atoms with Gasteiger partial charge in [0.25, 0.3) is 0 Å². The van der Waals surface area contributed by atoms with Crippen LogP contribution in [0.15, 0.2) is 18.2 Å². The second-order valence-electron chi connectivity index (χ2n) is 4.39. The van der Waals surface area contributed by atoms with Crippen molar-refractivity contribution >= 4 is 23.2 Å². The van der Waals surface area contributed by atoms with Crippen LogP contribution < -0.4 is 20.7 Å². The standard InChI is InChI=1S/C13H17N3O3/c1-3-10-13(18)15-12(17)7-16(10)11-5-4-8(19-2)6-9(11)14/h4-6,10H,3,7,14H2,1-2H3,(H,15,17,18). The molecule has 0 bridgehead atoms. The van der Waals surface area contributed by atoms with Gasteiger partial charge in [-0.15, -0.1) is 0 Å². The fourth-order valence-electron chi connectivity index (χ4n) is 2.25. The van der Waals surface area contributed by atoms with E-state index < -0.39 is 0 Å². The molecule has 1 aliphatic heterocycles. The highest BCUT2D eigenvalue weighted by molar-refractivity contribution is 6.05. The molecule has 102 valence electrons. The average Bonchev–Trinajstić information content (AvgIpc) is 2.37. The Hall–Kier alpha value is -2.24. The largest absolute Gasteiger partial charge is 0.497 e. The lowest BCUT2D eigenvalue weighted by Crippen LogP contribution is -2.58. The highest BCUT2D eigenvalue weighted by atomic mass is 16.5. The first-order chi connectivity index (χ1) is 9.06. The van der Waals surface area contributed by atoms with Crippen LogP contribution in [0.2, 0.25) is 0 Å². The van der Waals surface area contributed by atoms with E-state index in [1.165, 1.54) is 0 Å². The first-order valence-electron chi connectivity index (χ1n) is 6.10. The van der Waals surface area contributed by atoms with Gasteiger partial charge in [0, 0.05) is 6.07 Å². The zero-order valence-corrected chi connectivity index (χ0v) is 11.0. The van der Waals surface area contributed by atoms with Gasteiger partial charge in [0.15, 0.2) is 0 Å². The van der Waals surface area contributed by atoms with Crippen molar-refractivity contribution in [3.05, 3.63) is 18.2 Å². The molecule has 3 N–H and O–H groups in total. The van der Waals surface area contributed by atoms with Crippen LogP contribution in [0.5, 0.6) is 5.75 Å². The number of carbonyl (C=O) groups is 2. The van der Waals surface area contributed by atoms with Gasteiger partial charge in [-0.05, 0) is 18.6 Å². The fraction of sp³-hybridized carbons (Fsp3) is 0.385. The number of hydrogen-bond donors (Lipinski definition) is 2. The van der Waals surface area contributed by atoms with E-state index in [1.807, 2.05) is 6.92 Å². The van der Waals surface area contributed by atoms with E-state index in [1.54, 1.807) is 30.2 Å². The molecule has 19 heavy (non-hydrogen) atoms. The summed E-state index contributed by atoms with van der Waals surface area (Å²) in [6, 6.07) is 4.82. The van der Waals surface area contributed by atoms with E-state index in [0.717, 1.165) is 0 Å². The predicted octanol–water partition coefficient (Wildman–Crippen LogP) is 0.519. The van der Waals surface area contributed by atoms with Gasteiger partial charge in [0.05, 0.1) is 25.0 Å². The van der Waals surface area contributed by atoms with Crippen molar-refractivity contribution in [2.75, 3.05) is 24.3 Å². The molecule has 0 saturated carbocycles. The van der Waals surface area contributed by atoms with Gasteiger partial charge in [-0.25, -0.2) is 0 Å². The lowest BCUT2D eigenvalue weighted by atomic mass is 10.1. The van der Waals surface area contributed by atoms with E-state index in [4.69, 9.17) is 10.5 Å². The lowest BCUT2D eigenvalue weighted by Gasteiger charge is -2.35. The summed E-state index contributed by atoms with van der Waals surface area (Å²) in [5.41, 5.74) is 7.13. The molecule has 1 aromatic carbocycles. The number of nitrogens with one attached hydrogen (secondary N) is 1. The number of imide groups is 1. The van der Waals surface area contributed by atoms with Crippen LogP contribution in [0.25, 0.3) is 0 Å². The normalized spacial score (nSPS) is 19.3. The van der Waals surface area contributed by atoms with Crippen molar-refractivity contribution in [3.8, 4) is 5.75 Å². The number of ether oxygens (including phenoxy) is 1. The molecule has 1 aliphatic rings. The van der Waals surface area contributed by atoms with Crippen LogP contribution in [-0.4, -0.2) is 31.5 Å². The molecule has 1 fully saturated rings. The van der Waals surface area contributed by atoms with Gasteiger partial charge in [0.2, 0.25) is 11.8 Å². The Bertz CT molecular complexity index is 516. The number of rotatable bonds is 3. The number of amides is 2. The van der Waals surface area contributed by atoms with Crippen molar-refractivity contribution < 1.29 is 14.3 Å². The Morgan fingerprint density at radius 3 is 2.79 bits per heavy atom. The maximum absolute atomic E-state index is 11.8. The van der Waals surface area contributed by atoms with Crippen molar-refractivity contribution in [2.45, 2.75) is 19.4 Å². The van der Waals surface area contributed by atoms with Crippen molar-refractivity contribution in [1.82, 2.24) is 5.32 Å². The second kappa shape index (κ2) is 5.17. The molecule has 0 spiro atoms. The number of carbonyl (C=O) groups excluding carboxylic acids is 2. The smallest absolute Gasteiger partial charge is 0.249 e. The third kappa shape index (κ3) is 2.47. The number of benzene rings is 1. The number of methoxy groups -OCH3 is 1. The molecule has 2 rings (SSSR count). The fourth-order valence-corrected chi connectivity index (χ4v) is 2.25. The summed E-state index contributed by atoms with van der Waals surface area (Å²) in [6.07, 6.45) is 0.602. The topological polar surface area (TPSA) is 84.7 Å². The van der Waals surface area contributed by atoms with Gasteiger partial charge in [-0.3, -0.25) is 14.9 Å². The van der Waals surface area contributed by atoms with Gasteiger partial charge < -0.3 is 15.4 Å². The minimum atomic E-state index is -0.381. The van der Waals surface area contributed by atoms with E-state index >= 15 is 0 Å². The summed E-state index contributed by atoms with van der Waals surface area (Å²) in [5.74, 6) is 0.0426. The molecule has 1 heterocycles. The summed E-state index contributed by atoms with van der Waals surface area (Å²) in [5, 5.41) is 2.34. The van der Waals surface area contributed by atoms with Crippen molar-refractivity contribution in [2.24, 2.45) is 0 Å². The Kier molecular flexibility index (Phi) is 3.59. The Labute approximate surface area is 111 Å². The second-order valence-corrected chi connectivity index (χ2v) is 4.39. The maximum atomic E-state index is 11.8. The van der Waals surface area contributed by atoms with E-state index in [2.05, 4.69) is 5.32 Å². The third-order valence-corrected chi connectivity index (χ3v) is 3.19.